The van der Waals surface area contributed by atoms with Crippen LogP contribution >= 0.6 is 28.3 Å². The molecule has 6 heteroatoms. The summed E-state index contributed by atoms with van der Waals surface area (Å²) in [5.41, 5.74) is 8.10. The van der Waals surface area contributed by atoms with E-state index in [0.717, 1.165) is 30.5 Å². The highest BCUT2D eigenvalue weighted by Gasteiger charge is 2.23. The van der Waals surface area contributed by atoms with Crippen LogP contribution in [-0.4, -0.2) is 36.5 Å². The molecule has 1 aliphatic rings. The number of nitrogens with zero attached hydrogens (tertiary/aromatic N) is 1. The van der Waals surface area contributed by atoms with Crippen molar-refractivity contribution < 1.29 is 4.79 Å². The molecule has 3 N–H and O–H groups in total. The van der Waals surface area contributed by atoms with E-state index in [9.17, 15) is 4.79 Å². The highest BCUT2D eigenvalue weighted by molar-refractivity contribution is 9.10. The number of carbonyl (C=O) groups excluding carboxylic acids is 1. The lowest BCUT2D eigenvalue weighted by molar-refractivity contribution is -0.121. The van der Waals surface area contributed by atoms with E-state index < -0.39 is 0 Å². The van der Waals surface area contributed by atoms with Gasteiger partial charge in [-0.15, -0.1) is 12.4 Å². The van der Waals surface area contributed by atoms with Gasteiger partial charge in [-0.2, -0.15) is 0 Å². The molecule has 1 atom stereocenters. The molecule has 1 aromatic carbocycles. The zero-order chi connectivity index (χ0) is 15.9. The third-order valence-corrected chi connectivity index (χ3v) is 4.83. The summed E-state index contributed by atoms with van der Waals surface area (Å²) in [5.74, 6) is 0.0628. The lowest BCUT2D eigenvalue weighted by Gasteiger charge is -2.36. The van der Waals surface area contributed by atoms with Crippen LogP contribution in [0.4, 0.5) is 0 Å². The molecule has 1 saturated heterocycles. The van der Waals surface area contributed by atoms with Crippen LogP contribution in [0.25, 0.3) is 0 Å². The second-order valence-corrected chi connectivity index (χ2v) is 6.95. The maximum atomic E-state index is 11.6. The third-order valence-electron chi connectivity index (χ3n) is 4.33. The van der Waals surface area contributed by atoms with Crippen molar-refractivity contribution in [3.8, 4) is 0 Å². The van der Waals surface area contributed by atoms with Gasteiger partial charge in [0.05, 0.1) is 0 Å². The molecule has 1 aromatic rings. The predicted molar refractivity (Wildman–Crippen MR) is 101 cm³/mol. The normalized spacial score (nSPS) is 18.3. The van der Waals surface area contributed by atoms with E-state index in [0.29, 0.717) is 19.0 Å². The molecule has 1 heterocycles. The first-order valence-electron chi connectivity index (χ1n) is 8.06. The minimum absolute atomic E-state index is 0. The zero-order valence-corrected chi connectivity index (χ0v) is 16.1. The number of aryl methyl sites for hydroxylation is 1. The molecule has 1 fully saturated rings. The van der Waals surface area contributed by atoms with Crippen LogP contribution in [0.5, 0.6) is 0 Å². The molecule has 4 nitrogen and oxygen atoms in total. The number of carbonyl (C=O) groups is 1. The average Bonchev–Trinajstić information content (AvgIpc) is 2.49. The van der Waals surface area contributed by atoms with Crippen LogP contribution in [0, 0.1) is 6.92 Å². The minimum Gasteiger partial charge on any atom is -0.354 e. The van der Waals surface area contributed by atoms with Gasteiger partial charge >= 0.3 is 0 Å². The van der Waals surface area contributed by atoms with Crippen LogP contribution in [0.15, 0.2) is 22.7 Å². The third kappa shape index (κ3) is 6.42. The fraction of sp³-hybridized carbons (Fsp3) is 0.588. The Morgan fingerprint density at radius 1 is 1.43 bits per heavy atom. The Morgan fingerprint density at radius 3 is 2.91 bits per heavy atom. The first kappa shape index (κ1) is 20.4. The SMILES string of the molecule is Cc1cc(Br)ccc1CN1CCCCC1CNC(=O)CCN.Cl. The average molecular weight is 405 g/mol. The molecule has 0 spiro atoms. The summed E-state index contributed by atoms with van der Waals surface area (Å²) in [7, 11) is 0. The van der Waals surface area contributed by atoms with Gasteiger partial charge in [0, 0.05) is 36.6 Å². The largest absolute Gasteiger partial charge is 0.354 e. The van der Waals surface area contributed by atoms with Crippen LogP contribution in [-0.2, 0) is 11.3 Å². The molecular weight excluding hydrogens is 378 g/mol. The molecule has 1 amide bonds. The Morgan fingerprint density at radius 2 is 2.22 bits per heavy atom. The quantitative estimate of drug-likeness (QED) is 0.766. The molecule has 130 valence electrons. The predicted octanol–water partition coefficient (Wildman–Crippen LogP) is 3.00. The highest BCUT2D eigenvalue weighted by atomic mass is 79.9. The van der Waals surface area contributed by atoms with E-state index in [-0.39, 0.29) is 18.3 Å². The summed E-state index contributed by atoms with van der Waals surface area (Å²) < 4.78 is 1.12. The number of hydrogen-bond donors (Lipinski definition) is 2. The van der Waals surface area contributed by atoms with E-state index in [1.54, 1.807) is 0 Å². The summed E-state index contributed by atoms with van der Waals surface area (Å²) in [6, 6.07) is 6.89. The fourth-order valence-corrected chi connectivity index (χ4v) is 3.48. The van der Waals surface area contributed by atoms with Gasteiger partial charge in [-0.3, -0.25) is 9.69 Å². The zero-order valence-electron chi connectivity index (χ0n) is 13.7. The molecule has 1 aliphatic heterocycles. The van der Waals surface area contributed by atoms with Crippen LogP contribution in [0.3, 0.4) is 0 Å². The lowest BCUT2D eigenvalue weighted by Crippen LogP contribution is -2.46. The molecule has 23 heavy (non-hydrogen) atoms. The Bertz CT molecular complexity index is 513. The lowest BCUT2D eigenvalue weighted by atomic mass is 10.00. The van der Waals surface area contributed by atoms with Gasteiger partial charge < -0.3 is 11.1 Å². The smallest absolute Gasteiger partial charge is 0.221 e. The fourth-order valence-electron chi connectivity index (χ4n) is 3.01. The molecule has 2 rings (SSSR count). The number of likely N-dealkylation sites (tertiary alicyclic amines) is 1. The summed E-state index contributed by atoms with van der Waals surface area (Å²) in [5, 5.41) is 3.02. The van der Waals surface area contributed by atoms with E-state index in [1.165, 1.54) is 24.0 Å². The summed E-state index contributed by atoms with van der Waals surface area (Å²) >= 11 is 3.52. The van der Waals surface area contributed by atoms with Gasteiger partial charge in [-0.05, 0) is 49.6 Å². The van der Waals surface area contributed by atoms with Gasteiger partial charge in [0.2, 0.25) is 5.91 Å². The Hall–Kier alpha value is -0.620. The number of nitrogens with two attached hydrogens (primary N) is 1. The number of halogens is 2. The van der Waals surface area contributed by atoms with E-state index in [1.807, 2.05) is 0 Å². The van der Waals surface area contributed by atoms with E-state index in [4.69, 9.17) is 5.73 Å². The summed E-state index contributed by atoms with van der Waals surface area (Å²) in [6.45, 7) is 5.36. The van der Waals surface area contributed by atoms with Crippen LogP contribution in [0.1, 0.15) is 36.8 Å². The molecule has 1 unspecified atom stereocenters. The van der Waals surface area contributed by atoms with Crippen molar-refractivity contribution >= 4 is 34.2 Å². The number of nitrogens with one attached hydrogen (secondary N) is 1. The Kier molecular flexibility index (Phi) is 9.14. The van der Waals surface area contributed by atoms with Crippen molar-refractivity contribution in [3.63, 3.8) is 0 Å². The van der Waals surface area contributed by atoms with Crippen LogP contribution < -0.4 is 11.1 Å². The Labute approximate surface area is 153 Å². The van der Waals surface area contributed by atoms with Gasteiger partial charge in [0.25, 0.3) is 0 Å². The number of benzene rings is 1. The number of rotatable bonds is 6. The Balaban J connectivity index is 0.00000264. The van der Waals surface area contributed by atoms with Crippen molar-refractivity contribution in [2.24, 2.45) is 5.73 Å². The maximum absolute atomic E-state index is 11.6. The molecule has 0 aromatic heterocycles. The molecule has 0 bridgehead atoms. The molecule has 0 radical (unpaired) electrons. The second-order valence-electron chi connectivity index (χ2n) is 6.03. The van der Waals surface area contributed by atoms with Crippen molar-refractivity contribution in [2.45, 2.75) is 45.2 Å². The van der Waals surface area contributed by atoms with Crippen molar-refractivity contribution in [2.75, 3.05) is 19.6 Å². The molecule has 0 saturated carbocycles. The van der Waals surface area contributed by atoms with Crippen LogP contribution in [0.2, 0.25) is 0 Å². The number of amides is 1. The topological polar surface area (TPSA) is 58.4 Å². The van der Waals surface area contributed by atoms with Gasteiger partial charge in [-0.25, -0.2) is 0 Å². The minimum atomic E-state index is 0. The van der Waals surface area contributed by atoms with Gasteiger partial charge in [-0.1, -0.05) is 28.4 Å². The summed E-state index contributed by atoms with van der Waals surface area (Å²) in [4.78, 5) is 14.1. The van der Waals surface area contributed by atoms with Crippen molar-refractivity contribution in [3.05, 3.63) is 33.8 Å². The van der Waals surface area contributed by atoms with Gasteiger partial charge in [0.1, 0.15) is 0 Å². The first-order chi connectivity index (χ1) is 10.6. The molecular formula is C17H27BrClN3O. The first-order valence-corrected chi connectivity index (χ1v) is 8.85. The summed E-state index contributed by atoms with van der Waals surface area (Å²) in [6.07, 6.45) is 4.05. The van der Waals surface area contributed by atoms with Crippen molar-refractivity contribution in [1.29, 1.82) is 0 Å². The van der Waals surface area contributed by atoms with E-state index in [2.05, 4.69) is 51.3 Å². The standard InChI is InChI=1S/C17H26BrN3O.ClH/c1-13-10-15(18)6-5-14(13)12-21-9-3-2-4-16(21)11-20-17(22)7-8-19;/h5-6,10,16H,2-4,7-9,11-12,19H2,1H3,(H,20,22);1H. The van der Waals surface area contributed by atoms with Gasteiger partial charge in [0.15, 0.2) is 0 Å². The van der Waals surface area contributed by atoms with E-state index >= 15 is 0 Å². The maximum Gasteiger partial charge on any atom is 0.221 e. The highest BCUT2D eigenvalue weighted by Crippen LogP contribution is 2.22. The molecule has 0 aliphatic carbocycles. The number of piperidine rings is 1. The monoisotopic (exact) mass is 403 g/mol. The number of hydrogen-bond acceptors (Lipinski definition) is 3. The second kappa shape index (κ2) is 10.3. The van der Waals surface area contributed by atoms with Crippen molar-refractivity contribution in [1.82, 2.24) is 10.2 Å².